The average molecular weight is 306 g/mol. The molecule has 1 aromatic carbocycles. The third-order valence-electron chi connectivity index (χ3n) is 4.08. The fourth-order valence-electron chi connectivity index (χ4n) is 2.91. The van der Waals surface area contributed by atoms with Crippen molar-refractivity contribution in [3.63, 3.8) is 0 Å². The Hall–Kier alpha value is -1.59. The highest BCUT2D eigenvalue weighted by Crippen LogP contribution is 2.22. The number of rotatable bonds is 6. The lowest BCUT2D eigenvalue weighted by molar-refractivity contribution is -0.145. The summed E-state index contributed by atoms with van der Waals surface area (Å²) in [6, 6.07) is 8.24. The Morgan fingerprint density at radius 2 is 2.09 bits per heavy atom. The van der Waals surface area contributed by atoms with Crippen molar-refractivity contribution in [1.82, 2.24) is 9.80 Å². The number of carbonyl (C=O) groups is 1. The lowest BCUT2D eigenvalue weighted by atomic mass is 10.1. The molecule has 1 atom stereocenters. The van der Waals surface area contributed by atoms with Crippen molar-refractivity contribution in [1.29, 1.82) is 0 Å². The maximum Gasteiger partial charge on any atom is 0.307 e. The largest absolute Gasteiger partial charge is 0.496 e. The maximum atomic E-state index is 11.8. The van der Waals surface area contributed by atoms with Crippen molar-refractivity contribution < 1.29 is 14.3 Å². The molecule has 0 aliphatic carbocycles. The number of hydrogen-bond acceptors (Lipinski definition) is 5. The van der Waals surface area contributed by atoms with Crippen molar-refractivity contribution in [3.8, 4) is 5.75 Å². The number of nitrogens with zero attached hydrogens (tertiary/aromatic N) is 2. The van der Waals surface area contributed by atoms with Gasteiger partial charge in [0, 0.05) is 37.8 Å². The monoisotopic (exact) mass is 306 g/mol. The Balaban J connectivity index is 2.07. The van der Waals surface area contributed by atoms with Gasteiger partial charge in [0.15, 0.2) is 0 Å². The molecule has 0 saturated carbocycles. The molecule has 1 aliphatic rings. The summed E-state index contributed by atoms with van der Waals surface area (Å²) >= 11 is 0. The normalized spacial score (nSPS) is 19.9. The van der Waals surface area contributed by atoms with Crippen LogP contribution in [0.1, 0.15) is 18.9 Å². The molecule has 0 bridgehead atoms. The minimum atomic E-state index is -0.118. The summed E-state index contributed by atoms with van der Waals surface area (Å²) in [4.78, 5) is 16.5. The molecule has 22 heavy (non-hydrogen) atoms. The second-order valence-corrected chi connectivity index (χ2v) is 5.71. The minimum Gasteiger partial charge on any atom is -0.496 e. The van der Waals surface area contributed by atoms with E-state index in [1.165, 1.54) is 0 Å². The van der Waals surface area contributed by atoms with Crippen LogP contribution in [0.3, 0.4) is 0 Å². The highest BCUT2D eigenvalue weighted by atomic mass is 16.5. The fourth-order valence-corrected chi connectivity index (χ4v) is 2.91. The first-order chi connectivity index (χ1) is 10.6. The number of esters is 1. The molecule has 5 heteroatoms. The van der Waals surface area contributed by atoms with Gasteiger partial charge in [-0.25, -0.2) is 0 Å². The first-order valence-electron chi connectivity index (χ1n) is 7.84. The Labute approximate surface area is 132 Å². The van der Waals surface area contributed by atoms with E-state index in [4.69, 9.17) is 9.47 Å². The SMILES string of the molecule is CCOC(=O)CC1CN(C)CCN1Cc1ccccc1OC. The number of para-hydroxylation sites is 1. The topological polar surface area (TPSA) is 42.0 Å². The third kappa shape index (κ3) is 4.45. The van der Waals surface area contributed by atoms with E-state index in [1.54, 1.807) is 7.11 Å². The van der Waals surface area contributed by atoms with E-state index in [0.29, 0.717) is 13.0 Å². The molecule has 1 saturated heterocycles. The van der Waals surface area contributed by atoms with Gasteiger partial charge in [0.1, 0.15) is 5.75 Å². The summed E-state index contributed by atoms with van der Waals surface area (Å²) in [5.41, 5.74) is 1.16. The molecule has 0 radical (unpaired) electrons. The molecule has 2 rings (SSSR count). The van der Waals surface area contributed by atoms with E-state index in [2.05, 4.69) is 22.9 Å². The summed E-state index contributed by atoms with van der Waals surface area (Å²) in [5, 5.41) is 0. The molecule has 122 valence electrons. The van der Waals surface area contributed by atoms with Crippen molar-refractivity contribution in [2.24, 2.45) is 0 Å². The van der Waals surface area contributed by atoms with Crippen molar-refractivity contribution in [2.75, 3.05) is 40.4 Å². The van der Waals surface area contributed by atoms with Gasteiger partial charge in [0.25, 0.3) is 0 Å². The second kappa shape index (κ2) is 8.15. The summed E-state index contributed by atoms with van der Waals surface area (Å²) in [7, 11) is 3.79. The molecule has 1 heterocycles. The van der Waals surface area contributed by atoms with E-state index in [1.807, 2.05) is 25.1 Å². The van der Waals surface area contributed by atoms with Crippen molar-refractivity contribution in [2.45, 2.75) is 25.9 Å². The van der Waals surface area contributed by atoms with E-state index < -0.39 is 0 Å². The number of methoxy groups -OCH3 is 1. The number of ether oxygens (including phenoxy) is 2. The Bertz CT molecular complexity index is 493. The van der Waals surface area contributed by atoms with Gasteiger partial charge in [0.2, 0.25) is 0 Å². The van der Waals surface area contributed by atoms with Crippen LogP contribution in [0, 0.1) is 0 Å². The minimum absolute atomic E-state index is 0.118. The van der Waals surface area contributed by atoms with Crippen LogP contribution in [-0.4, -0.2) is 62.2 Å². The van der Waals surface area contributed by atoms with Crippen LogP contribution >= 0.6 is 0 Å². The van der Waals surface area contributed by atoms with E-state index in [-0.39, 0.29) is 12.0 Å². The summed E-state index contributed by atoms with van der Waals surface area (Å²) in [5.74, 6) is 0.782. The third-order valence-corrected chi connectivity index (χ3v) is 4.08. The molecule has 1 aromatic rings. The Morgan fingerprint density at radius 1 is 1.32 bits per heavy atom. The molecule has 1 fully saturated rings. The average Bonchev–Trinajstić information content (AvgIpc) is 2.50. The molecule has 5 nitrogen and oxygen atoms in total. The van der Waals surface area contributed by atoms with Crippen LogP contribution in [0.15, 0.2) is 24.3 Å². The van der Waals surface area contributed by atoms with Gasteiger partial charge < -0.3 is 14.4 Å². The van der Waals surface area contributed by atoms with Gasteiger partial charge in [0.05, 0.1) is 20.1 Å². The molecule has 1 aliphatic heterocycles. The molecular weight excluding hydrogens is 280 g/mol. The predicted molar refractivity (Wildman–Crippen MR) is 85.9 cm³/mol. The van der Waals surface area contributed by atoms with Crippen LogP contribution in [-0.2, 0) is 16.1 Å². The second-order valence-electron chi connectivity index (χ2n) is 5.71. The lowest BCUT2D eigenvalue weighted by Crippen LogP contribution is -2.52. The molecule has 0 aromatic heterocycles. The van der Waals surface area contributed by atoms with E-state index in [9.17, 15) is 4.79 Å². The summed E-state index contributed by atoms with van der Waals surface area (Å²) in [6.45, 7) is 5.91. The first-order valence-corrected chi connectivity index (χ1v) is 7.84. The Kier molecular flexibility index (Phi) is 6.21. The predicted octanol–water partition coefficient (Wildman–Crippen LogP) is 1.76. The zero-order valence-electron chi connectivity index (χ0n) is 13.7. The first kappa shape index (κ1) is 16.8. The number of hydrogen-bond donors (Lipinski definition) is 0. The van der Waals surface area contributed by atoms with Crippen LogP contribution in [0.2, 0.25) is 0 Å². The number of benzene rings is 1. The highest BCUT2D eigenvalue weighted by Gasteiger charge is 2.28. The molecule has 0 amide bonds. The van der Waals surface area contributed by atoms with E-state index >= 15 is 0 Å². The summed E-state index contributed by atoms with van der Waals surface area (Å²) in [6.07, 6.45) is 0.438. The molecular formula is C17H26N2O3. The van der Waals surface area contributed by atoms with Crippen LogP contribution in [0.5, 0.6) is 5.75 Å². The van der Waals surface area contributed by atoms with Crippen molar-refractivity contribution in [3.05, 3.63) is 29.8 Å². The molecule has 0 N–H and O–H groups in total. The lowest BCUT2D eigenvalue weighted by Gasteiger charge is -2.39. The van der Waals surface area contributed by atoms with Crippen LogP contribution < -0.4 is 4.74 Å². The highest BCUT2D eigenvalue weighted by molar-refractivity contribution is 5.70. The maximum absolute atomic E-state index is 11.8. The van der Waals surface area contributed by atoms with Gasteiger partial charge in [-0.15, -0.1) is 0 Å². The zero-order valence-corrected chi connectivity index (χ0v) is 13.7. The van der Waals surface area contributed by atoms with Crippen molar-refractivity contribution >= 4 is 5.97 Å². The fraction of sp³-hybridized carbons (Fsp3) is 0.588. The van der Waals surface area contributed by atoms with Gasteiger partial charge >= 0.3 is 5.97 Å². The zero-order chi connectivity index (χ0) is 15.9. The molecule has 0 spiro atoms. The number of piperazine rings is 1. The van der Waals surface area contributed by atoms with Gasteiger partial charge in [-0.1, -0.05) is 18.2 Å². The van der Waals surface area contributed by atoms with Crippen LogP contribution in [0.25, 0.3) is 0 Å². The van der Waals surface area contributed by atoms with Gasteiger partial charge in [-0.05, 0) is 20.0 Å². The quantitative estimate of drug-likeness (QED) is 0.749. The summed E-state index contributed by atoms with van der Waals surface area (Å²) < 4.78 is 10.5. The number of likely N-dealkylation sites (N-methyl/N-ethyl adjacent to an activating group) is 1. The van der Waals surface area contributed by atoms with Gasteiger partial charge in [-0.2, -0.15) is 0 Å². The smallest absolute Gasteiger partial charge is 0.307 e. The van der Waals surface area contributed by atoms with Crippen LogP contribution in [0.4, 0.5) is 0 Å². The Morgan fingerprint density at radius 3 is 2.82 bits per heavy atom. The standard InChI is InChI=1S/C17H26N2O3/c1-4-22-17(20)11-15-13-18(2)9-10-19(15)12-14-7-5-6-8-16(14)21-3/h5-8,15H,4,9-13H2,1-3H3. The number of carbonyl (C=O) groups excluding carboxylic acids is 1. The molecule has 1 unspecified atom stereocenters. The van der Waals surface area contributed by atoms with Gasteiger partial charge in [-0.3, -0.25) is 9.69 Å². The van der Waals surface area contributed by atoms with E-state index in [0.717, 1.165) is 37.5 Å².